The van der Waals surface area contributed by atoms with E-state index in [9.17, 15) is 8.78 Å². The van der Waals surface area contributed by atoms with Crippen molar-refractivity contribution in [1.29, 1.82) is 0 Å². The van der Waals surface area contributed by atoms with Crippen molar-refractivity contribution in [3.63, 3.8) is 0 Å². The molecule has 0 fully saturated rings. The molecule has 0 unspecified atom stereocenters. The monoisotopic (exact) mass is 275 g/mol. The summed E-state index contributed by atoms with van der Waals surface area (Å²) in [4.78, 5) is 15.0. The van der Waals surface area contributed by atoms with Crippen molar-refractivity contribution in [2.75, 3.05) is 11.9 Å². The molecule has 102 valence electrons. The van der Waals surface area contributed by atoms with E-state index in [0.29, 0.717) is 35.5 Å². The zero-order valence-electron chi connectivity index (χ0n) is 10.4. The van der Waals surface area contributed by atoms with Gasteiger partial charge in [-0.15, -0.1) is 0 Å². The van der Waals surface area contributed by atoms with Crippen LogP contribution >= 0.6 is 0 Å². The van der Waals surface area contributed by atoms with Crippen molar-refractivity contribution in [3.8, 4) is 0 Å². The van der Waals surface area contributed by atoms with E-state index in [0.717, 1.165) is 6.07 Å². The summed E-state index contributed by atoms with van der Waals surface area (Å²) in [7, 11) is 0. The van der Waals surface area contributed by atoms with Gasteiger partial charge in [0.15, 0.2) is 23.1 Å². The highest BCUT2D eigenvalue weighted by molar-refractivity contribution is 5.81. The molecule has 0 bridgehead atoms. The molecule has 5 nitrogen and oxygen atoms in total. The van der Waals surface area contributed by atoms with E-state index in [1.807, 2.05) is 0 Å². The van der Waals surface area contributed by atoms with Gasteiger partial charge >= 0.3 is 0 Å². The second-order valence-electron chi connectivity index (χ2n) is 4.21. The molecule has 0 aliphatic carbocycles. The maximum Gasteiger partial charge on any atom is 0.182 e. The lowest BCUT2D eigenvalue weighted by molar-refractivity contribution is 0.499. The first-order valence-corrected chi connectivity index (χ1v) is 6.06. The third kappa shape index (κ3) is 2.29. The molecular formula is C13H11F2N5. The Morgan fingerprint density at radius 2 is 2.05 bits per heavy atom. The van der Waals surface area contributed by atoms with Crippen LogP contribution in [-0.2, 0) is 6.42 Å². The lowest BCUT2D eigenvalue weighted by atomic mass is 10.1. The molecule has 0 amide bonds. The van der Waals surface area contributed by atoms with Crippen LogP contribution in [-0.4, -0.2) is 26.5 Å². The summed E-state index contributed by atoms with van der Waals surface area (Å²) < 4.78 is 26.6. The van der Waals surface area contributed by atoms with Gasteiger partial charge in [0.1, 0.15) is 11.8 Å². The Morgan fingerprint density at radius 3 is 2.95 bits per heavy atom. The Balaban J connectivity index is 1.71. The Hall–Kier alpha value is -2.57. The largest absolute Gasteiger partial charge is 0.368 e. The number of hydrogen-bond donors (Lipinski definition) is 2. The van der Waals surface area contributed by atoms with Crippen LogP contribution in [0.1, 0.15) is 5.56 Å². The molecule has 2 aromatic heterocycles. The quantitative estimate of drug-likeness (QED) is 0.766. The molecule has 1 aromatic carbocycles. The van der Waals surface area contributed by atoms with E-state index in [-0.39, 0.29) is 0 Å². The highest BCUT2D eigenvalue weighted by Crippen LogP contribution is 2.15. The number of fused-ring (bicyclic) bond motifs is 1. The number of halogens is 2. The predicted octanol–water partition coefficient (Wildman–Crippen LogP) is 2.29. The third-order valence-corrected chi connectivity index (χ3v) is 2.94. The number of rotatable bonds is 4. The van der Waals surface area contributed by atoms with Crippen molar-refractivity contribution in [3.05, 3.63) is 48.1 Å². The number of aromatic amines is 1. The number of aromatic nitrogens is 4. The van der Waals surface area contributed by atoms with Crippen LogP contribution in [0.4, 0.5) is 14.6 Å². The molecule has 0 aliphatic rings. The van der Waals surface area contributed by atoms with Crippen LogP contribution in [0.3, 0.4) is 0 Å². The SMILES string of the molecule is Fc1cccc(CCNc2ncnc3nc[nH]c23)c1F. The average molecular weight is 275 g/mol. The topological polar surface area (TPSA) is 66.5 Å². The number of H-pyrrole nitrogens is 1. The van der Waals surface area contributed by atoms with E-state index < -0.39 is 11.6 Å². The molecule has 0 aliphatic heterocycles. The van der Waals surface area contributed by atoms with Crippen molar-refractivity contribution in [2.24, 2.45) is 0 Å². The van der Waals surface area contributed by atoms with Gasteiger partial charge in [0, 0.05) is 6.54 Å². The Kier molecular flexibility index (Phi) is 3.24. The fraction of sp³-hybridized carbons (Fsp3) is 0.154. The van der Waals surface area contributed by atoms with Gasteiger partial charge in [0.25, 0.3) is 0 Å². The Labute approximate surface area is 113 Å². The highest BCUT2D eigenvalue weighted by atomic mass is 19.2. The number of benzene rings is 1. The second-order valence-corrected chi connectivity index (χ2v) is 4.21. The minimum atomic E-state index is -0.833. The highest BCUT2D eigenvalue weighted by Gasteiger charge is 2.08. The summed E-state index contributed by atoms with van der Waals surface area (Å²) in [6, 6.07) is 4.15. The summed E-state index contributed by atoms with van der Waals surface area (Å²) in [5.74, 6) is -1.05. The van der Waals surface area contributed by atoms with Crippen molar-refractivity contribution in [1.82, 2.24) is 19.9 Å². The van der Waals surface area contributed by atoms with Gasteiger partial charge < -0.3 is 10.3 Å². The van der Waals surface area contributed by atoms with Crippen molar-refractivity contribution in [2.45, 2.75) is 6.42 Å². The molecule has 7 heteroatoms. The Morgan fingerprint density at radius 1 is 1.15 bits per heavy atom. The molecule has 3 rings (SSSR count). The molecule has 3 aromatic rings. The standard InChI is InChI=1S/C13H11F2N5/c14-9-3-1-2-8(10(9)15)4-5-16-12-11-13(18-6-17-11)20-7-19-12/h1-3,6-7H,4-5H2,(H2,16,17,18,19,20). The zero-order chi connectivity index (χ0) is 13.9. The van der Waals surface area contributed by atoms with Gasteiger partial charge in [-0.2, -0.15) is 0 Å². The first kappa shape index (κ1) is 12.5. The molecule has 2 heterocycles. The average Bonchev–Trinajstić information content (AvgIpc) is 2.93. The fourth-order valence-electron chi connectivity index (χ4n) is 1.96. The van der Waals surface area contributed by atoms with Gasteiger partial charge in [-0.3, -0.25) is 0 Å². The van der Waals surface area contributed by atoms with Crippen LogP contribution in [0, 0.1) is 11.6 Å². The lowest BCUT2D eigenvalue weighted by Crippen LogP contribution is -2.08. The van der Waals surface area contributed by atoms with Crippen LogP contribution in [0.15, 0.2) is 30.9 Å². The molecule has 0 radical (unpaired) electrons. The summed E-state index contributed by atoms with van der Waals surface area (Å²) in [6.45, 7) is 0.422. The van der Waals surface area contributed by atoms with Crippen LogP contribution in [0.25, 0.3) is 11.2 Å². The predicted molar refractivity (Wildman–Crippen MR) is 70.2 cm³/mol. The smallest absolute Gasteiger partial charge is 0.182 e. The van der Waals surface area contributed by atoms with Crippen molar-refractivity contribution >= 4 is 17.0 Å². The van der Waals surface area contributed by atoms with Gasteiger partial charge in [0.2, 0.25) is 0 Å². The first-order chi connectivity index (χ1) is 9.75. The summed E-state index contributed by atoms with van der Waals surface area (Å²) in [5, 5.41) is 3.06. The minimum absolute atomic E-state index is 0.326. The van der Waals surface area contributed by atoms with Gasteiger partial charge in [-0.25, -0.2) is 23.7 Å². The number of nitrogens with one attached hydrogen (secondary N) is 2. The third-order valence-electron chi connectivity index (χ3n) is 2.94. The van der Waals surface area contributed by atoms with E-state index in [1.165, 1.54) is 18.7 Å². The Bertz CT molecular complexity index is 740. The molecular weight excluding hydrogens is 264 g/mol. The summed E-state index contributed by atoms with van der Waals surface area (Å²) in [5.41, 5.74) is 1.57. The lowest BCUT2D eigenvalue weighted by Gasteiger charge is -2.07. The fourth-order valence-corrected chi connectivity index (χ4v) is 1.96. The number of nitrogens with zero attached hydrogens (tertiary/aromatic N) is 3. The maximum atomic E-state index is 13.5. The molecule has 0 saturated carbocycles. The first-order valence-electron chi connectivity index (χ1n) is 6.06. The molecule has 0 saturated heterocycles. The van der Waals surface area contributed by atoms with Gasteiger partial charge in [0.05, 0.1) is 6.33 Å². The van der Waals surface area contributed by atoms with Crippen LogP contribution in [0.2, 0.25) is 0 Å². The molecule has 0 atom stereocenters. The van der Waals surface area contributed by atoms with Crippen molar-refractivity contribution < 1.29 is 8.78 Å². The molecule has 20 heavy (non-hydrogen) atoms. The summed E-state index contributed by atoms with van der Waals surface area (Å²) in [6.07, 6.45) is 3.27. The number of anilines is 1. The normalized spacial score (nSPS) is 10.9. The van der Waals surface area contributed by atoms with E-state index in [1.54, 1.807) is 6.07 Å². The zero-order valence-corrected chi connectivity index (χ0v) is 10.4. The minimum Gasteiger partial charge on any atom is -0.368 e. The van der Waals surface area contributed by atoms with E-state index >= 15 is 0 Å². The van der Waals surface area contributed by atoms with E-state index in [2.05, 4.69) is 25.3 Å². The number of hydrogen-bond acceptors (Lipinski definition) is 4. The summed E-state index contributed by atoms with van der Waals surface area (Å²) >= 11 is 0. The molecule has 2 N–H and O–H groups in total. The van der Waals surface area contributed by atoms with Crippen LogP contribution in [0.5, 0.6) is 0 Å². The van der Waals surface area contributed by atoms with Gasteiger partial charge in [-0.1, -0.05) is 12.1 Å². The number of imidazole rings is 1. The van der Waals surface area contributed by atoms with Crippen LogP contribution < -0.4 is 5.32 Å². The van der Waals surface area contributed by atoms with Gasteiger partial charge in [-0.05, 0) is 18.1 Å². The second kappa shape index (κ2) is 5.20. The molecule has 0 spiro atoms. The maximum absolute atomic E-state index is 13.5. The van der Waals surface area contributed by atoms with E-state index in [4.69, 9.17) is 0 Å².